The number of anilines is 4. The van der Waals surface area contributed by atoms with Gasteiger partial charge in [0.25, 0.3) is 0 Å². The van der Waals surface area contributed by atoms with Gasteiger partial charge in [-0.3, -0.25) is 0 Å². The van der Waals surface area contributed by atoms with E-state index in [-0.39, 0.29) is 0 Å². The van der Waals surface area contributed by atoms with Crippen molar-refractivity contribution in [3.8, 4) is 5.75 Å². The van der Waals surface area contributed by atoms with Gasteiger partial charge in [-0.1, -0.05) is 18.2 Å². The third kappa shape index (κ3) is 4.26. The van der Waals surface area contributed by atoms with E-state index in [1.807, 2.05) is 24.4 Å². The van der Waals surface area contributed by atoms with Crippen molar-refractivity contribution in [3.63, 3.8) is 0 Å². The lowest BCUT2D eigenvalue weighted by Gasteiger charge is -2.36. The quantitative estimate of drug-likeness (QED) is 0.707. The maximum Gasteiger partial charge on any atom is 0.227 e. The summed E-state index contributed by atoms with van der Waals surface area (Å²) in [6.07, 6.45) is 1.82. The summed E-state index contributed by atoms with van der Waals surface area (Å²) < 4.78 is 5.51. The summed E-state index contributed by atoms with van der Waals surface area (Å²) in [6, 6.07) is 16.4. The SMILES string of the molecule is COc1ccccc1N1CCN(c2nccc(Nc3ccc(C)c(C)c3)n2)CC1. The Morgan fingerprint density at radius 1 is 0.897 bits per heavy atom. The van der Waals surface area contributed by atoms with Gasteiger partial charge in [-0.15, -0.1) is 0 Å². The maximum atomic E-state index is 5.51. The van der Waals surface area contributed by atoms with Crippen molar-refractivity contribution in [2.24, 2.45) is 0 Å². The van der Waals surface area contributed by atoms with Gasteiger partial charge in [0.1, 0.15) is 11.6 Å². The van der Waals surface area contributed by atoms with Crippen LogP contribution in [-0.4, -0.2) is 43.3 Å². The van der Waals surface area contributed by atoms with Gasteiger partial charge < -0.3 is 19.9 Å². The molecule has 0 amide bonds. The number of hydrogen-bond donors (Lipinski definition) is 1. The smallest absolute Gasteiger partial charge is 0.227 e. The van der Waals surface area contributed by atoms with E-state index in [9.17, 15) is 0 Å². The Hall–Kier alpha value is -3.28. The molecule has 1 saturated heterocycles. The Morgan fingerprint density at radius 3 is 2.41 bits per heavy atom. The molecule has 1 N–H and O–H groups in total. The molecule has 0 unspecified atom stereocenters. The van der Waals surface area contributed by atoms with E-state index >= 15 is 0 Å². The maximum absolute atomic E-state index is 5.51. The summed E-state index contributed by atoms with van der Waals surface area (Å²) in [6.45, 7) is 7.77. The molecule has 150 valence electrons. The van der Waals surface area contributed by atoms with Crippen molar-refractivity contribution in [1.82, 2.24) is 9.97 Å². The molecule has 1 fully saturated rings. The van der Waals surface area contributed by atoms with Crippen LogP contribution in [0, 0.1) is 13.8 Å². The van der Waals surface area contributed by atoms with Crippen LogP contribution < -0.4 is 19.9 Å². The minimum atomic E-state index is 0.763. The first-order chi connectivity index (χ1) is 14.1. The van der Waals surface area contributed by atoms with Crippen molar-refractivity contribution < 1.29 is 4.74 Å². The van der Waals surface area contributed by atoms with Gasteiger partial charge >= 0.3 is 0 Å². The third-order valence-corrected chi connectivity index (χ3v) is 5.41. The van der Waals surface area contributed by atoms with Crippen molar-refractivity contribution in [2.75, 3.05) is 48.4 Å². The number of methoxy groups -OCH3 is 1. The summed E-state index contributed by atoms with van der Waals surface area (Å²) in [5.41, 5.74) is 4.73. The number of nitrogens with one attached hydrogen (secondary N) is 1. The summed E-state index contributed by atoms with van der Waals surface area (Å²) >= 11 is 0. The topological polar surface area (TPSA) is 53.5 Å². The summed E-state index contributed by atoms with van der Waals surface area (Å²) in [4.78, 5) is 13.8. The van der Waals surface area contributed by atoms with Crippen LogP contribution in [0.3, 0.4) is 0 Å². The second-order valence-electron chi connectivity index (χ2n) is 7.31. The first kappa shape index (κ1) is 19.1. The Morgan fingerprint density at radius 2 is 1.66 bits per heavy atom. The molecule has 4 rings (SSSR count). The van der Waals surface area contributed by atoms with Crippen molar-refractivity contribution in [3.05, 3.63) is 65.9 Å². The molecule has 2 aromatic carbocycles. The van der Waals surface area contributed by atoms with Crippen LogP contribution in [0.25, 0.3) is 0 Å². The lowest BCUT2D eigenvalue weighted by molar-refractivity contribution is 0.413. The highest BCUT2D eigenvalue weighted by molar-refractivity contribution is 5.60. The van der Waals surface area contributed by atoms with Gasteiger partial charge in [-0.05, 0) is 55.3 Å². The normalized spacial score (nSPS) is 14.0. The zero-order valence-electron chi connectivity index (χ0n) is 17.2. The number of rotatable bonds is 5. The monoisotopic (exact) mass is 389 g/mol. The van der Waals surface area contributed by atoms with E-state index < -0.39 is 0 Å². The van der Waals surface area contributed by atoms with Crippen molar-refractivity contribution >= 4 is 23.1 Å². The number of aromatic nitrogens is 2. The van der Waals surface area contributed by atoms with Gasteiger partial charge in [0.15, 0.2) is 0 Å². The second kappa shape index (κ2) is 8.39. The zero-order chi connectivity index (χ0) is 20.2. The molecule has 0 bridgehead atoms. The predicted octanol–water partition coefficient (Wildman–Crippen LogP) is 4.17. The van der Waals surface area contributed by atoms with E-state index in [1.54, 1.807) is 7.11 Å². The number of hydrogen-bond acceptors (Lipinski definition) is 6. The zero-order valence-corrected chi connectivity index (χ0v) is 17.2. The molecule has 1 aliphatic heterocycles. The molecular formula is C23H27N5O. The van der Waals surface area contributed by atoms with E-state index in [4.69, 9.17) is 9.72 Å². The number of nitrogens with zero attached hydrogens (tertiary/aromatic N) is 4. The minimum absolute atomic E-state index is 0.763. The average Bonchev–Trinajstić information content (AvgIpc) is 2.76. The van der Waals surface area contributed by atoms with Crippen LogP contribution in [0.4, 0.5) is 23.1 Å². The molecule has 29 heavy (non-hydrogen) atoms. The van der Waals surface area contributed by atoms with Crippen molar-refractivity contribution in [1.29, 1.82) is 0 Å². The first-order valence-corrected chi connectivity index (χ1v) is 9.94. The lowest BCUT2D eigenvalue weighted by Crippen LogP contribution is -2.47. The highest BCUT2D eigenvalue weighted by Gasteiger charge is 2.21. The fourth-order valence-corrected chi connectivity index (χ4v) is 3.58. The van der Waals surface area contributed by atoms with E-state index in [0.717, 1.165) is 55.1 Å². The van der Waals surface area contributed by atoms with E-state index in [1.165, 1.54) is 11.1 Å². The molecule has 2 heterocycles. The molecule has 0 spiro atoms. The van der Waals surface area contributed by atoms with Crippen LogP contribution in [0.1, 0.15) is 11.1 Å². The minimum Gasteiger partial charge on any atom is -0.495 e. The van der Waals surface area contributed by atoms with Gasteiger partial charge in [-0.25, -0.2) is 4.98 Å². The molecule has 6 nitrogen and oxygen atoms in total. The molecule has 6 heteroatoms. The van der Waals surface area contributed by atoms with Crippen LogP contribution in [0.5, 0.6) is 5.75 Å². The Kier molecular flexibility index (Phi) is 5.51. The first-order valence-electron chi connectivity index (χ1n) is 9.94. The molecule has 0 aliphatic carbocycles. The van der Waals surface area contributed by atoms with E-state index in [0.29, 0.717) is 0 Å². The lowest BCUT2D eigenvalue weighted by atomic mass is 10.1. The van der Waals surface area contributed by atoms with Crippen LogP contribution in [0.2, 0.25) is 0 Å². The highest BCUT2D eigenvalue weighted by Crippen LogP contribution is 2.29. The number of para-hydroxylation sites is 2. The number of ether oxygens (including phenoxy) is 1. The van der Waals surface area contributed by atoms with Gasteiger partial charge in [0.2, 0.25) is 5.95 Å². The summed E-state index contributed by atoms with van der Waals surface area (Å²) in [5, 5.41) is 3.40. The van der Waals surface area contributed by atoms with Gasteiger partial charge in [0.05, 0.1) is 12.8 Å². The largest absolute Gasteiger partial charge is 0.495 e. The Bertz CT molecular complexity index is 983. The predicted molar refractivity (Wildman–Crippen MR) is 119 cm³/mol. The number of piperazine rings is 1. The Labute approximate surface area is 172 Å². The molecular weight excluding hydrogens is 362 g/mol. The van der Waals surface area contributed by atoms with Crippen LogP contribution >= 0.6 is 0 Å². The average molecular weight is 390 g/mol. The standard InChI is InChI=1S/C23H27N5O/c1-17-8-9-19(16-18(17)2)25-22-10-11-24-23(26-22)28-14-12-27(13-15-28)20-6-4-5-7-21(20)29-3/h4-11,16H,12-15H2,1-3H3,(H,24,25,26). The van der Waals surface area contributed by atoms with Crippen molar-refractivity contribution in [2.45, 2.75) is 13.8 Å². The Balaban J connectivity index is 1.43. The third-order valence-electron chi connectivity index (χ3n) is 5.41. The molecule has 0 saturated carbocycles. The number of benzene rings is 2. The van der Waals surface area contributed by atoms with Gasteiger partial charge in [-0.2, -0.15) is 4.98 Å². The van der Waals surface area contributed by atoms with E-state index in [2.05, 4.69) is 64.3 Å². The fraction of sp³-hybridized carbons (Fsp3) is 0.304. The fourth-order valence-electron chi connectivity index (χ4n) is 3.58. The second-order valence-corrected chi connectivity index (χ2v) is 7.31. The van der Waals surface area contributed by atoms with Crippen LogP contribution in [-0.2, 0) is 0 Å². The number of aryl methyl sites for hydroxylation is 2. The highest BCUT2D eigenvalue weighted by atomic mass is 16.5. The molecule has 1 aromatic heterocycles. The van der Waals surface area contributed by atoms with Crippen LogP contribution in [0.15, 0.2) is 54.7 Å². The van der Waals surface area contributed by atoms with Gasteiger partial charge in [0, 0.05) is 38.1 Å². The molecule has 0 radical (unpaired) electrons. The summed E-state index contributed by atoms with van der Waals surface area (Å²) in [7, 11) is 1.72. The molecule has 3 aromatic rings. The summed E-state index contributed by atoms with van der Waals surface area (Å²) in [5.74, 6) is 2.49. The molecule has 0 atom stereocenters. The molecule has 1 aliphatic rings.